The van der Waals surface area contributed by atoms with Crippen LogP contribution in [0.3, 0.4) is 0 Å². The fraction of sp³-hybridized carbons (Fsp3) is 0.0370. The van der Waals surface area contributed by atoms with Gasteiger partial charge in [-0.1, -0.05) is 29.8 Å². The molecule has 2 amide bonds. The zero-order chi connectivity index (χ0) is 24.2. The number of aryl methyl sites for hydroxylation is 1. The maximum absolute atomic E-state index is 12.8. The molecule has 0 saturated heterocycles. The van der Waals surface area contributed by atoms with Gasteiger partial charge in [-0.3, -0.25) is 9.59 Å². The Kier molecular flexibility index (Phi) is 6.19. The lowest BCUT2D eigenvalue weighted by atomic mass is 10.1. The van der Waals surface area contributed by atoms with Crippen molar-refractivity contribution >= 4 is 34.5 Å². The van der Waals surface area contributed by atoms with Gasteiger partial charge >= 0.3 is 0 Å². The summed E-state index contributed by atoms with van der Waals surface area (Å²) >= 11 is 1.37. The van der Waals surface area contributed by atoms with Crippen molar-refractivity contribution in [1.82, 2.24) is 10.2 Å². The predicted molar refractivity (Wildman–Crippen MR) is 137 cm³/mol. The molecule has 5 aromatic rings. The lowest BCUT2D eigenvalue weighted by molar-refractivity contribution is 0.102. The molecule has 0 aliphatic carbocycles. The summed E-state index contributed by atoms with van der Waals surface area (Å²) in [5, 5.41) is 15.8. The number of hydrogen-bond donors (Lipinski definition) is 2. The number of hydrogen-bond acceptors (Lipinski definition) is 6. The van der Waals surface area contributed by atoms with Gasteiger partial charge in [0.2, 0.25) is 11.8 Å². The maximum Gasteiger partial charge on any atom is 0.265 e. The van der Waals surface area contributed by atoms with E-state index >= 15 is 0 Å². The predicted octanol–water partition coefficient (Wildman–Crippen LogP) is 6.28. The molecule has 0 bridgehead atoms. The summed E-state index contributed by atoms with van der Waals surface area (Å²) in [6, 6.07) is 25.4. The van der Waals surface area contributed by atoms with Crippen molar-refractivity contribution in [1.29, 1.82) is 0 Å². The molecule has 5 rings (SSSR count). The van der Waals surface area contributed by atoms with E-state index in [0.717, 1.165) is 11.1 Å². The normalized spacial score (nSPS) is 10.7. The highest BCUT2D eigenvalue weighted by molar-refractivity contribution is 7.12. The molecule has 3 aromatic carbocycles. The van der Waals surface area contributed by atoms with Crippen molar-refractivity contribution in [2.45, 2.75) is 6.92 Å². The summed E-state index contributed by atoms with van der Waals surface area (Å²) in [6.45, 7) is 2.00. The molecular weight excluding hydrogens is 460 g/mol. The van der Waals surface area contributed by atoms with Gasteiger partial charge in [-0.25, -0.2) is 0 Å². The molecular formula is C27H20N4O3S. The number of carbonyl (C=O) groups is 2. The van der Waals surface area contributed by atoms with Crippen LogP contribution in [0.15, 0.2) is 94.7 Å². The van der Waals surface area contributed by atoms with Gasteiger partial charge in [0.25, 0.3) is 11.8 Å². The second-order valence-corrected chi connectivity index (χ2v) is 8.77. The van der Waals surface area contributed by atoms with E-state index < -0.39 is 0 Å². The first-order chi connectivity index (χ1) is 17.0. The molecule has 8 heteroatoms. The monoisotopic (exact) mass is 480 g/mol. The second-order valence-electron chi connectivity index (χ2n) is 7.83. The summed E-state index contributed by atoms with van der Waals surface area (Å²) < 4.78 is 5.82. The highest BCUT2D eigenvalue weighted by Crippen LogP contribution is 2.25. The van der Waals surface area contributed by atoms with Crippen molar-refractivity contribution in [3.63, 3.8) is 0 Å². The van der Waals surface area contributed by atoms with E-state index in [1.165, 1.54) is 11.3 Å². The Morgan fingerprint density at radius 1 is 0.743 bits per heavy atom. The van der Waals surface area contributed by atoms with Crippen LogP contribution in [0.25, 0.3) is 22.9 Å². The minimum Gasteiger partial charge on any atom is -0.416 e. The van der Waals surface area contributed by atoms with Crippen LogP contribution in [0.1, 0.15) is 25.6 Å². The summed E-state index contributed by atoms with van der Waals surface area (Å²) in [4.78, 5) is 25.6. The van der Waals surface area contributed by atoms with E-state index in [1.54, 1.807) is 54.6 Å². The number of nitrogens with zero attached hydrogens (tertiary/aromatic N) is 2. The van der Waals surface area contributed by atoms with Crippen molar-refractivity contribution in [2.24, 2.45) is 0 Å². The van der Waals surface area contributed by atoms with Crippen molar-refractivity contribution in [3.05, 3.63) is 106 Å². The number of benzene rings is 3. The topological polar surface area (TPSA) is 97.1 Å². The minimum absolute atomic E-state index is 0.189. The molecule has 172 valence electrons. The first kappa shape index (κ1) is 22.2. The third kappa shape index (κ3) is 5.18. The molecule has 0 radical (unpaired) electrons. The molecule has 0 atom stereocenters. The van der Waals surface area contributed by atoms with Crippen LogP contribution in [0.2, 0.25) is 0 Å². The van der Waals surface area contributed by atoms with E-state index in [1.807, 2.05) is 42.6 Å². The lowest BCUT2D eigenvalue weighted by Gasteiger charge is -2.09. The summed E-state index contributed by atoms with van der Waals surface area (Å²) in [5.74, 6) is 0.356. The van der Waals surface area contributed by atoms with Crippen LogP contribution in [-0.2, 0) is 0 Å². The van der Waals surface area contributed by atoms with Crippen molar-refractivity contribution in [2.75, 3.05) is 10.6 Å². The van der Waals surface area contributed by atoms with E-state index in [9.17, 15) is 9.59 Å². The molecule has 7 nitrogen and oxygen atoms in total. The average molecular weight is 481 g/mol. The number of nitrogens with one attached hydrogen (secondary N) is 2. The molecule has 35 heavy (non-hydrogen) atoms. The molecule has 0 aliphatic heterocycles. The smallest absolute Gasteiger partial charge is 0.265 e. The first-order valence-electron chi connectivity index (χ1n) is 10.8. The molecule has 0 aliphatic rings. The Hall–Kier alpha value is -4.56. The maximum atomic E-state index is 12.8. The Balaban J connectivity index is 1.26. The first-order valence-corrected chi connectivity index (χ1v) is 11.7. The van der Waals surface area contributed by atoms with Gasteiger partial charge in [0, 0.05) is 28.1 Å². The van der Waals surface area contributed by atoms with Gasteiger partial charge in [0.15, 0.2) is 0 Å². The average Bonchev–Trinajstić information content (AvgIpc) is 3.57. The van der Waals surface area contributed by atoms with Crippen LogP contribution in [0.5, 0.6) is 0 Å². The van der Waals surface area contributed by atoms with Crippen LogP contribution in [-0.4, -0.2) is 22.0 Å². The summed E-state index contributed by atoms with van der Waals surface area (Å²) in [6.07, 6.45) is 0. The van der Waals surface area contributed by atoms with Crippen LogP contribution < -0.4 is 10.6 Å². The molecule has 0 saturated carbocycles. The molecule has 0 fully saturated rings. The van der Waals surface area contributed by atoms with Crippen molar-refractivity contribution < 1.29 is 14.0 Å². The third-order valence-electron chi connectivity index (χ3n) is 5.21. The zero-order valence-corrected chi connectivity index (χ0v) is 19.5. The Labute approximate surface area is 205 Å². The van der Waals surface area contributed by atoms with Crippen LogP contribution in [0.4, 0.5) is 11.4 Å². The number of aromatic nitrogens is 2. The van der Waals surface area contributed by atoms with E-state index in [2.05, 4.69) is 20.8 Å². The Bertz CT molecular complexity index is 1490. The molecule has 2 N–H and O–H groups in total. The lowest BCUT2D eigenvalue weighted by Crippen LogP contribution is -2.13. The largest absolute Gasteiger partial charge is 0.416 e. The highest BCUT2D eigenvalue weighted by Gasteiger charge is 2.13. The fourth-order valence-electron chi connectivity index (χ4n) is 3.48. The Morgan fingerprint density at radius 2 is 1.43 bits per heavy atom. The number of rotatable bonds is 6. The summed E-state index contributed by atoms with van der Waals surface area (Å²) in [7, 11) is 0. The van der Waals surface area contributed by atoms with Gasteiger partial charge in [-0.05, 0) is 73.0 Å². The van der Waals surface area contributed by atoms with Gasteiger partial charge in [0.1, 0.15) is 0 Å². The fourth-order valence-corrected chi connectivity index (χ4v) is 4.10. The third-order valence-corrected chi connectivity index (χ3v) is 6.08. The second kappa shape index (κ2) is 9.74. The SMILES string of the molecule is Cc1cccc(-c2nnc(-c3ccc(C(=O)Nc4cccc(NC(=O)c5cccs5)c4)cc3)o2)c1. The standard InChI is InChI=1S/C27H20N4O3S/c1-17-5-2-6-20(15-17)27-31-30-26(34-27)19-12-10-18(11-13-19)24(32)28-21-7-3-8-22(16-21)29-25(33)23-9-4-14-35-23/h2-16H,1H3,(H,28,32)(H,29,33). The minimum atomic E-state index is -0.274. The number of thiophene rings is 1. The van der Waals surface area contributed by atoms with E-state index in [4.69, 9.17) is 4.42 Å². The number of anilines is 2. The van der Waals surface area contributed by atoms with Crippen LogP contribution >= 0.6 is 11.3 Å². The molecule has 0 unspecified atom stereocenters. The van der Waals surface area contributed by atoms with Crippen molar-refractivity contribution in [3.8, 4) is 22.9 Å². The molecule has 2 aromatic heterocycles. The highest BCUT2D eigenvalue weighted by atomic mass is 32.1. The quantitative estimate of drug-likeness (QED) is 0.298. The summed E-state index contributed by atoms with van der Waals surface area (Å²) in [5.41, 5.74) is 4.31. The Morgan fingerprint density at radius 3 is 2.11 bits per heavy atom. The number of amides is 2. The van der Waals surface area contributed by atoms with Crippen LogP contribution in [0, 0.1) is 6.92 Å². The van der Waals surface area contributed by atoms with Gasteiger partial charge < -0.3 is 15.1 Å². The van der Waals surface area contributed by atoms with Gasteiger partial charge in [-0.2, -0.15) is 0 Å². The molecule has 0 spiro atoms. The van der Waals surface area contributed by atoms with E-state index in [-0.39, 0.29) is 11.8 Å². The zero-order valence-electron chi connectivity index (χ0n) is 18.7. The van der Waals surface area contributed by atoms with E-state index in [0.29, 0.717) is 39.2 Å². The van der Waals surface area contributed by atoms with Gasteiger partial charge in [-0.15, -0.1) is 21.5 Å². The van der Waals surface area contributed by atoms with Gasteiger partial charge in [0.05, 0.1) is 4.88 Å². The number of carbonyl (C=O) groups excluding carboxylic acids is 2. The molecule has 2 heterocycles.